The number of nitrogens with one attached hydrogen (secondary N) is 1. The summed E-state index contributed by atoms with van der Waals surface area (Å²) in [5.74, 6) is 0.265. The Morgan fingerprint density at radius 1 is 1.12 bits per heavy atom. The molecule has 5 nitrogen and oxygen atoms in total. The molecule has 2 aromatic rings. The molecule has 1 N–H and O–H groups in total. The van der Waals surface area contributed by atoms with Crippen molar-refractivity contribution in [2.75, 3.05) is 16.8 Å². The molecule has 124 valence electrons. The molecule has 0 radical (unpaired) electrons. The first-order chi connectivity index (χ1) is 11.6. The number of amides is 2. The Kier molecular flexibility index (Phi) is 4.71. The zero-order chi connectivity index (χ0) is 17.1. The van der Waals surface area contributed by atoms with Gasteiger partial charge in [0.15, 0.2) is 0 Å². The number of carbonyl (C=O) groups excluding carboxylic acids is 2. The Labute approximate surface area is 145 Å². The molecule has 3 rings (SSSR count). The van der Waals surface area contributed by atoms with Gasteiger partial charge < -0.3 is 10.1 Å². The van der Waals surface area contributed by atoms with Crippen molar-refractivity contribution in [1.82, 2.24) is 0 Å². The summed E-state index contributed by atoms with van der Waals surface area (Å²) >= 11 is 5.85. The van der Waals surface area contributed by atoms with Crippen LogP contribution in [-0.4, -0.2) is 24.5 Å². The van der Waals surface area contributed by atoms with E-state index in [0.717, 1.165) is 11.4 Å². The van der Waals surface area contributed by atoms with Crippen LogP contribution in [0.25, 0.3) is 0 Å². The molecule has 1 aliphatic rings. The molecule has 1 heterocycles. The van der Waals surface area contributed by atoms with E-state index in [1.807, 2.05) is 31.2 Å². The molecule has 2 aromatic carbocycles. The average Bonchev–Trinajstić information content (AvgIpc) is 2.85. The number of anilines is 2. The van der Waals surface area contributed by atoms with E-state index in [1.165, 1.54) is 4.90 Å². The Hall–Kier alpha value is -2.53. The van der Waals surface area contributed by atoms with Crippen LogP contribution in [-0.2, 0) is 9.59 Å². The summed E-state index contributed by atoms with van der Waals surface area (Å²) in [6.07, 6.45) is 0.120. The third-order valence-electron chi connectivity index (χ3n) is 3.74. The van der Waals surface area contributed by atoms with Crippen molar-refractivity contribution in [2.24, 2.45) is 0 Å². The number of ether oxygens (including phenoxy) is 1. The molecule has 1 atom stereocenters. The zero-order valence-corrected chi connectivity index (χ0v) is 13.9. The molecule has 0 unspecified atom stereocenters. The monoisotopic (exact) mass is 344 g/mol. The van der Waals surface area contributed by atoms with E-state index in [1.54, 1.807) is 24.3 Å². The lowest BCUT2D eigenvalue weighted by molar-refractivity contribution is -0.121. The van der Waals surface area contributed by atoms with Crippen LogP contribution in [0.1, 0.15) is 13.3 Å². The minimum absolute atomic E-state index is 0.120. The van der Waals surface area contributed by atoms with Crippen molar-refractivity contribution < 1.29 is 14.3 Å². The fourth-order valence-electron chi connectivity index (χ4n) is 2.62. The van der Waals surface area contributed by atoms with Crippen LogP contribution >= 0.6 is 11.6 Å². The third kappa shape index (κ3) is 3.36. The number of carbonyl (C=O) groups is 2. The van der Waals surface area contributed by atoms with E-state index in [4.69, 9.17) is 16.3 Å². The molecule has 1 saturated heterocycles. The lowest BCUT2D eigenvalue weighted by Crippen LogP contribution is -2.34. The van der Waals surface area contributed by atoms with Crippen LogP contribution in [0.2, 0.25) is 5.02 Å². The summed E-state index contributed by atoms with van der Waals surface area (Å²) in [5.41, 5.74) is 1.30. The van der Waals surface area contributed by atoms with Crippen molar-refractivity contribution in [2.45, 2.75) is 19.4 Å². The minimum atomic E-state index is -0.578. The topological polar surface area (TPSA) is 58.6 Å². The second kappa shape index (κ2) is 6.93. The van der Waals surface area contributed by atoms with Gasteiger partial charge in [-0.15, -0.1) is 0 Å². The molecule has 0 aliphatic carbocycles. The Morgan fingerprint density at radius 2 is 1.79 bits per heavy atom. The maximum atomic E-state index is 12.6. The van der Waals surface area contributed by atoms with Crippen LogP contribution in [0.5, 0.6) is 5.75 Å². The first-order valence-corrected chi connectivity index (χ1v) is 8.08. The summed E-state index contributed by atoms with van der Waals surface area (Å²) in [7, 11) is 0. The highest BCUT2D eigenvalue weighted by Crippen LogP contribution is 2.26. The number of hydrogen-bond donors (Lipinski definition) is 1. The number of halogens is 1. The van der Waals surface area contributed by atoms with Gasteiger partial charge in [-0.25, -0.2) is 4.90 Å². The molecule has 0 bridgehead atoms. The Morgan fingerprint density at radius 3 is 2.42 bits per heavy atom. The smallest absolute Gasteiger partial charge is 0.256 e. The van der Waals surface area contributed by atoms with Crippen molar-refractivity contribution in [1.29, 1.82) is 0 Å². The van der Waals surface area contributed by atoms with Crippen LogP contribution in [0.3, 0.4) is 0 Å². The second-order valence-electron chi connectivity index (χ2n) is 5.40. The van der Waals surface area contributed by atoms with E-state index >= 15 is 0 Å². The highest BCUT2D eigenvalue weighted by atomic mass is 35.5. The zero-order valence-electron chi connectivity index (χ0n) is 13.2. The van der Waals surface area contributed by atoms with Gasteiger partial charge in [0.25, 0.3) is 5.91 Å². The summed E-state index contributed by atoms with van der Waals surface area (Å²) in [6, 6.07) is 13.4. The highest BCUT2D eigenvalue weighted by molar-refractivity contribution is 6.30. The molecular formula is C18H17ClN2O3. The molecule has 2 amide bonds. The van der Waals surface area contributed by atoms with Crippen LogP contribution in [0.4, 0.5) is 11.4 Å². The van der Waals surface area contributed by atoms with Crippen molar-refractivity contribution in [3.8, 4) is 5.75 Å². The largest absolute Gasteiger partial charge is 0.494 e. The van der Waals surface area contributed by atoms with Gasteiger partial charge in [0.05, 0.1) is 18.7 Å². The maximum absolute atomic E-state index is 12.6. The molecule has 0 saturated carbocycles. The van der Waals surface area contributed by atoms with Crippen molar-refractivity contribution in [3.05, 3.63) is 53.6 Å². The van der Waals surface area contributed by atoms with Crippen molar-refractivity contribution in [3.63, 3.8) is 0 Å². The van der Waals surface area contributed by atoms with Crippen molar-refractivity contribution >= 4 is 34.8 Å². The average molecular weight is 345 g/mol. The van der Waals surface area contributed by atoms with E-state index < -0.39 is 6.04 Å². The van der Waals surface area contributed by atoms with Gasteiger partial charge in [-0.2, -0.15) is 0 Å². The molecule has 1 aliphatic heterocycles. The first-order valence-electron chi connectivity index (χ1n) is 7.70. The lowest BCUT2D eigenvalue weighted by atomic mass is 10.2. The second-order valence-corrected chi connectivity index (χ2v) is 5.84. The van der Waals surface area contributed by atoms with Gasteiger partial charge in [0, 0.05) is 10.7 Å². The fraction of sp³-hybridized carbons (Fsp3) is 0.222. The van der Waals surface area contributed by atoms with Gasteiger partial charge in [-0.3, -0.25) is 9.59 Å². The fourth-order valence-corrected chi connectivity index (χ4v) is 2.75. The van der Waals surface area contributed by atoms with Crippen LogP contribution in [0, 0.1) is 0 Å². The lowest BCUT2D eigenvalue weighted by Gasteiger charge is -2.16. The third-order valence-corrected chi connectivity index (χ3v) is 3.99. The van der Waals surface area contributed by atoms with Crippen LogP contribution in [0.15, 0.2) is 48.5 Å². The molecule has 0 spiro atoms. The molecule has 24 heavy (non-hydrogen) atoms. The minimum Gasteiger partial charge on any atom is -0.494 e. The molecule has 1 fully saturated rings. The standard InChI is InChI=1S/C18H17ClN2O3/c1-2-24-15-9-5-13(6-10-15)20-16-11-17(22)21(18(16)23)14-7-3-12(19)4-8-14/h3-10,16,20H,2,11H2,1H3/t16-/m1/s1. The number of benzene rings is 2. The molecular weight excluding hydrogens is 328 g/mol. The quantitative estimate of drug-likeness (QED) is 0.844. The highest BCUT2D eigenvalue weighted by Gasteiger charge is 2.39. The van der Waals surface area contributed by atoms with E-state index in [9.17, 15) is 9.59 Å². The number of nitrogens with zero attached hydrogens (tertiary/aromatic N) is 1. The number of imide groups is 1. The predicted octanol–water partition coefficient (Wildman–Crippen LogP) is 3.48. The van der Waals surface area contributed by atoms with Gasteiger partial charge in [-0.05, 0) is 55.5 Å². The Balaban J connectivity index is 1.72. The van der Waals surface area contributed by atoms with Gasteiger partial charge >= 0.3 is 0 Å². The van der Waals surface area contributed by atoms with Gasteiger partial charge in [0.2, 0.25) is 5.91 Å². The predicted molar refractivity (Wildman–Crippen MR) is 93.6 cm³/mol. The van der Waals surface area contributed by atoms with E-state index in [-0.39, 0.29) is 18.2 Å². The Bertz CT molecular complexity index is 744. The normalized spacial score (nSPS) is 17.2. The maximum Gasteiger partial charge on any atom is 0.256 e. The van der Waals surface area contributed by atoms with E-state index in [0.29, 0.717) is 17.3 Å². The van der Waals surface area contributed by atoms with Gasteiger partial charge in [-0.1, -0.05) is 11.6 Å². The van der Waals surface area contributed by atoms with E-state index in [2.05, 4.69) is 5.32 Å². The number of rotatable bonds is 5. The summed E-state index contributed by atoms with van der Waals surface area (Å²) in [4.78, 5) is 26.0. The SMILES string of the molecule is CCOc1ccc(N[C@@H]2CC(=O)N(c3ccc(Cl)cc3)C2=O)cc1. The van der Waals surface area contributed by atoms with Gasteiger partial charge in [0.1, 0.15) is 11.8 Å². The molecule has 0 aromatic heterocycles. The summed E-state index contributed by atoms with van der Waals surface area (Å²) in [5, 5.41) is 3.67. The summed E-state index contributed by atoms with van der Waals surface area (Å²) < 4.78 is 5.39. The van der Waals surface area contributed by atoms with Crippen LogP contribution < -0.4 is 15.0 Å². The first kappa shape index (κ1) is 16.3. The number of hydrogen-bond acceptors (Lipinski definition) is 4. The summed E-state index contributed by atoms with van der Waals surface area (Å²) in [6.45, 7) is 2.51. The molecule has 6 heteroatoms.